The van der Waals surface area contributed by atoms with Gasteiger partial charge in [0.05, 0.1) is 18.4 Å². The molecule has 0 spiro atoms. The first kappa shape index (κ1) is 7.38. The van der Waals surface area contributed by atoms with E-state index < -0.39 is 0 Å². The smallest absolute Gasteiger partial charge is 0.216 e. The number of aryl methyl sites for hydroxylation is 1. The first-order valence-electron chi connectivity index (χ1n) is 4.78. The van der Waals surface area contributed by atoms with Gasteiger partial charge in [-0.25, -0.2) is 4.68 Å². The monoisotopic (exact) mass is 179 g/mol. The predicted molar refractivity (Wildman–Crippen MR) is 47.4 cm³/mol. The third kappa shape index (κ3) is 0.983. The van der Waals surface area contributed by atoms with Crippen molar-refractivity contribution < 1.29 is 4.74 Å². The van der Waals surface area contributed by atoms with Crippen molar-refractivity contribution in [1.29, 1.82) is 0 Å². The molecule has 1 aromatic heterocycles. The van der Waals surface area contributed by atoms with Gasteiger partial charge in [0.2, 0.25) is 5.88 Å². The van der Waals surface area contributed by atoms with Gasteiger partial charge >= 0.3 is 0 Å². The van der Waals surface area contributed by atoms with E-state index in [4.69, 9.17) is 10.5 Å². The zero-order valence-electron chi connectivity index (χ0n) is 7.49. The molecule has 0 bridgehead atoms. The van der Waals surface area contributed by atoms with Crippen LogP contribution >= 0.6 is 0 Å². The number of nitrogens with zero attached hydrogens (tertiary/aromatic N) is 2. The van der Waals surface area contributed by atoms with Crippen LogP contribution in [0.15, 0.2) is 6.20 Å². The molecule has 1 saturated carbocycles. The van der Waals surface area contributed by atoms with Crippen LogP contribution in [0.2, 0.25) is 0 Å². The summed E-state index contributed by atoms with van der Waals surface area (Å²) in [6, 6.07) is 0. The SMILES string of the molecule is NC1(c2cnn3c2OCCC3)CC1. The van der Waals surface area contributed by atoms with E-state index in [1.54, 1.807) is 0 Å². The lowest BCUT2D eigenvalue weighted by atomic mass is 10.1. The molecule has 0 unspecified atom stereocenters. The van der Waals surface area contributed by atoms with Crippen LogP contribution in [0.1, 0.15) is 24.8 Å². The molecule has 2 aliphatic rings. The maximum atomic E-state index is 6.10. The summed E-state index contributed by atoms with van der Waals surface area (Å²) in [6.07, 6.45) is 5.05. The number of hydrogen-bond donors (Lipinski definition) is 1. The quantitative estimate of drug-likeness (QED) is 0.687. The molecular weight excluding hydrogens is 166 g/mol. The third-order valence-corrected chi connectivity index (χ3v) is 2.87. The average molecular weight is 179 g/mol. The van der Waals surface area contributed by atoms with Gasteiger partial charge in [0.15, 0.2) is 0 Å². The second-order valence-corrected chi connectivity index (χ2v) is 3.94. The average Bonchev–Trinajstić information content (AvgIpc) is 2.76. The molecule has 1 aliphatic heterocycles. The van der Waals surface area contributed by atoms with E-state index in [0.29, 0.717) is 0 Å². The van der Waals surface area contributed by atoms with Crippen molar-refractivity contribution in [2.24, 2.45) is 5.73 Å². The molecule has 4 heteroatoms. The number of rotatable bonds is 1. The summed E-state index contributed by atoms with van der Waals surface area (Å²) in [6.45, 7) is 1.76. The van der Waals surface area contributed by atoms with E-state index in [2.05, 4.69) is 5.10 Å². The minimum absolute atomic E-state index is 0.120. The van der Waals surface area contributed by atoms with E-state index in [0.717, 1.165) is 43.9 Å². The highest BCUT2D eigenvalue weighted by atomic mass is 16.5. The molecule has 1 fully saturated rings. The van der Waals surface area contributed by atoms with Crippen LogP contribution in [-0.4, -0.2) is 16.4 Å². The fourth-order valence-corrected chi connectivity index (χ4v) is 1.81. The summed E-state index contributed by atoms with van der Waals surface area (Å²) in [5.74, 6) is 0.909. The Hall–Kier alpha value is -1.03. The van der Waals surface area contributed by atoms with Gasteiger partial charge in [-0.05, 0) is 12.8 Å². The van der Waals surface area contributed by atoms with Crippen molar-refractivity contribution in [2.45, 2.75) is 31.3 Å². The second-order valence-electron chi connectivity index (χ2n) is 3.94. The molecule has 0 amide bonds. The summed E-state index contributed by atoms with van der Waals surface area (Å²) < 4.78 is 7.50. The van der Waals surface area contributed by atoms with Crippen LogP contribution in [0.4, 0.5) is 0 Å². The number of fused-ring (bicyclic) bond motifs is 1. The van der Waals surface area contributed by atoms with E-state index in [1.165, 1.54) is 0 Å². The summed E-state index contributed by atoms with van der Waals surface area (Å²) in [7, 11) is 0. The van der Waals surface area contributed by atoms with Gasteiger partial charge in [0.1, 0.15) is 0 Å². The van der Waals surface area contributed by atoms with Crippen LogP contribution in [0.3, 0.4) is 0 Å². The Kier molecular flexibility index (Phi) is 1.28. The van der Waals surface area contributed by atoms with Crippen molar-refractivity contribution >= 4 is 0 Å². The molecule has 1 aromatic rings. The van der Waals surface area contributed by atoms with Crippen LogP contribution < -0.4 is 10.5 Å². The lowest BCUT2D eigenvalue weighted by Crippen LogP contribution is -2.22. The number of nitrogens with two attached hydrogens (primary N) is 1. The van der Waals surface area contributed by atoms with Crippen molar-refractivity contribution in [2.75, 3.05) is 6.61 Å². The topological polar surface area (TPSA) is 53.1 Å². The van der Waals surface area contributed by atoms with Crippen LogP contribution in [0.5, 0.6) is 5.88 Å². The van der Waals surface area contributed by atoms with E-state index in [1.807, 2.05) is 10.9 Å². The lowest BCUT2D eigenvalue weighted by molar-refractivity contribution is 0.226. The molecule has 2 N–H and O–H groups in total. The van der Waals surface area contributed by atoms with Gasteiger partial charge < -0.3 is 10.5 Å². The van der Waals surface area contributed by atoms with Gasteiger partial charge in [-0.3, -0.25) is 0 Å². The zero-order chi connectivity index (χ0) is 8.89. The van der Waals surface area contributed by atoms with Crippen molar-refractivity contribution in [3.05, 3.63) is 11.8 Å². The second kappa shape index (κ2) is 2.26. The molecular formula is C9H13N3O. The van der Waals surface area contributed by atoms with Crippen molar-refractivity contribution in [3.8, 4) is 5.88 Å². The summed E-state index contributed by atoms with van der Waals surface area (Å²) in [4.78, 5) is 0. The normalized spacial score (nSPS) is 23.5. The Balaban J connectivity index is 2.06. The van der Waals surface area contributed by atoms with E-state index >= 15 is 0 Å². The maximum absolute atomic E-state index is 6.10. The fourth-order valence-electron chi connectivity index (χ4n) is 1.81. The molecule has 2 heterocycles. The van der Waals surface area contributed by atoms with Gasteiger partial charge in [-0.15, -0.1) is 0 Å². The van der Waals surface area contributed by atoms with Gasteiger partial charge in [0, 0.05) is 18.5 Å². The number of ether oxygens (including phenoxy) is 1. The van der Waals surface area contributed by atoms with E-state index in [9.17, 15) is 0 Å². The van der Waals surface area contributed by atoms with E-state index in [-0.39, 0.29) is 5.54 Å². The fraction of sp³-hybridized carbons (Fsp3) is 0.667. The Labute approximate surface area is 76.7 Å². The zero-order valence-corrected chi connectivity index (χ0v) is 7.49. The molecule has 0 radical (unpaired) electrons. The Morgan fingerprint density at radius 3 is 3.15 bits per heavy atom. The summed E-state index contributed by atoms with van der Waals surface area (Å²) in [5, 5.41) is 4.27. The first-order valence-corrected chi connectivity index (χ1v) is 4.78. The molecule has 70 valence electrons. The predicted octanol–water partition coefficient (Wildman–Crippen LogP) is 0.613. The molecule has 0 atom stereocenters. The lowest BCUT2D eigenvalue weighted by Gasteiger charge is -2.17. The van der Waals surface area contributed by atoms with Crippen LogP contribution in [0.25, 0.3) is 0 Å². The molecule has 4 nitrogen and oxygen atoms in total. The molecule has 3 rings (SSSR count). The first-order chi connectivity index (χ1) is 6.30. The largest absolute Gasteiger partial charge is 0.478 e. The highest BCUT2D eigenvalue weighted by Gasteiger charge is 2.44. The Morgan fingerprint density at radius 1 is 1.54 bits per heavy atom. The highest BCUT2D eigenvalue weighted by molar-refractivity contribution is 5.36. The van der Waals surface area contributed by atoms with Gasteiger partial charge in [-0.1, -0.05) is 0 Å². The molecule has 13 heavy (non-hydrogen) atoms. The Morgan fingerprint density at radius 2 is 2.38 bits per heavy atom. The van der Waals surface area contributed by atoms with Crippen LogP contribution in [0, 0.1) is 0 Å². The summed E-state index contributed by atoms with van der Waals surface area (Å²) in [5.41, 5.74) is 7.09. The third-order valence-electron chi connectivity index (χ3n) is 2.87. The molecule has 1 aliphatic carbocycles. The summed E-state index contributed by atoms with van der Waals surface area (Å²) >= 11 is 0. The van der Waals surface area contributed by atoms with Crippen LogP contribution in [-0.2, 0) is 12.1 Å². The minimum atomic E-state index is -0.120. The standard InChI is InChI=1S/C9H13N3O/c10-9(2-3-9)7-6-11-12-4-1-5-13-8(7)12/h6H,1-5,10H2. The molecule has 0 saturated heterocycles. The number of aromatic nitrogens is 2. The van der Waals surface area contributed by atoms with Crippen molar-refractivity contribution in [3.63, 3.8) is 0 Å². The maximum Gasteiger partial charge on any atom is 0.216 e. The van der Waals surface area contributed by atoms with Gasteiger partial charge in [0.25, 0.3) is 0 Å². The molecule has 0 aromatic carbocycles. The van der Waals surface area contributed by atoms with Crippen molar-refractivity contribution in [1.82, 2.24) is 9.78 Å². The minimum Gasteiger partial charge on any atom is -0.478 e. The number of hydrogen-bond acceptors (Lipinski definition) is 3. The Bertz CT molecular complexity index is 341. The van der Waals surface area contributed by atoms with Gasteiger partial charge in [-0.2, -0.15) is 5.10 Å². The highest BCUT2D eigenvalue weighted by Crippen LogP contribution is 2.46.